The van der Waals surface area contributed by atoms with Gasteiger partial charge in [0.2, 0.25) is 0 Å². The number of hydrogen-bond donors (Lipinski definition) is 0. The molecular weight excluding hydrogens is 242 g/mol. The molecule has 3 aliphatic rings. The maximum atomic E-state index is 6.01. The number of aryl methyl sites for hydroxylation is 1. The summed E-state index contributed by atoms with van der Waals surface area (Å²) >= 11 is 0. The first kappa shape index (κ1) is 11.8. The van der Waals surface area contributed by atoms with Gasteiger partial charge in [-0.05, 0) is 29.7 Å². The molecule has 6 nitrogen and oxygen atoms in total. The van der Waals surface area contributed by atoms with Gasteiger partial charge in [0, 0.05) is 31.5 Å². The molecule has 4 heterocycles. The highest BCUT2D eigenvalue weighted by molar-refractivity contribution is 5.03. The Morgan fingerprint density at radius 1 is 1.21 bits per heavy atom. The van der Waals surface area contributed by atoms with E-state index in [1.54, 1.807) is 0 Å². The Bertz CT molecular complexity index is 444. The summed E-state index contributed by atoms with van der Waals surface area (Å²) < 4.78 is 7.96. The lowest BCUT2D eigenvalue weighted by molar-refractivity contribution is 0.0692. The molecule has 0 N–H and O–H groups in total. The van der Waals surface area contributed by atoms with Crippen molar-refractivity contribution in [3.05, 3.63) is 5.82 Å². The molecule has 0 aromatic carbocycles. The summed E-state index contributed by atoms with van der Waals surface area (Å²) in [6, 6.07) is 0. The number of nitrogens with zero attached hydrogens (tertiary/aromatic N) is 5. The minimum absolute atomic E-state index is 0.534. The van der Waals surface area contributed by atoms with Gasteiger partial charge in [-0.3, -0.25) is 4.90 Å². The molecule has 4 atom stereocenters. The summed E-state index contributed by atoms with van der Waals surface area (Å²) in [6.45, 7) is 6.27. The molecule has 0 spiro atoms. The number of ether oxygens (including phenoxy) is 1. The molecule has 3 aliphatic heterocycles. The van der Waals surface area contributed by atoms with Crippen molar-refractivity contribution < 1.29 is 4.74 Å². The van der Waals surface area contributed by atoms with E-state index < -0.39 is 0 Å². The molecule has 1 aromatic rings. The highest BCUT2D eigenvalue weighted by atomic mass is 16.5. The van der Waals surface area contributed by atoms with Crippen molar-refractivity contribution in [3.63, 3.8) is 0 Å². The lowest BCUT2D eigenvalue weighted by Gasteiger charge is -2.18. The van der Waals surface area contributed by atoms with Crippen LogP contribution in [-0.4, -0.2) is 50.4 Å². The van der Waals surface area contributed by atoms with Crippen LogP contribution in [0.2, 0.25) is 0 Å². The van der Waals surface area contributed by atoms with Crippen molar-refractivity contribution in [1.82, 2.24) is 25.1 Å². The average molecular weight is 263 g/mol. The molecule has 6 heteroatoms. The molecule has 3 fully saturated rings. The molecule has 104 valence electrons. The second-order valence-corrected chi connectivity index (χ2v) is 6.13. The van der Waals surface area contributed by atoms with Crippen LogP contribution in [0.15, 0.2) is 0 Å². The van der Waals surface area contributed by atoms with Crippen molar-refractivity contribution in [2.75, 3.05) is 13.1 Å². The summed E-state index contributed by atoms with van der Waals surface area (Å²) in [7, 11) is 0. The predicted octanol–water partition coefficient (Wildman–Crippen LogP) is 0.692. The van der Waals surface area contributed by atoms with Gasteiger partial charge in [-0.1, -0.05) is 6.92 Å². The van der Waals surface area contributed by atoms with Crippen molar-refractivity contribution in [1.29, 1.82) is 0 Å². The monoisotopic (exact) mass is 263 g/mol. The first-order valence-corrected chi connectivity index (χ1v) is 7.48. The van der Waals surface area contributed by atoms with E-state index in [2.05, 4.69) is 27.3 Å². The zero-order valence-corrected chi connectivity index (χ0v) is 11.4. The fraction of sp³-hybridized carbons (Fsp3) is 0.923. The molecule has 0 aliphatic carbocycles. The fourth-order valence-corrected chi connectivity index (χ4v) is 4.10. The number of hydrogen-bond acceptors (Lipinski definition) is 5. The minimum Gasteiger partial charge on any atom is -0.374 e. The van der Waals surface area contributed by atoms with Gasteiger partial charge in [0.25, 0.3) is 0 Å². The first-order valence-electron chi connectivity index (χ1n) is 7.48. The molecular formula is C13H21N5O. The molecule has 0 amide bonds. The Kier molecular flexibility index (Phi) is 2.81. The number of aromatic nitrogens is 4. The van der Waals surface area contributed by atoms with Crippen LogP contribution in [0, 0.1) is 11.8 Å². The third-order valence-electron chi connectivity index (χ3n) is 4.93. The molecule has 0 saturated carbocycles. The normalized spacial score (nSPS) is 37.1. The Morgan fingerprint density at radius 2 is 1.95 bits per heavy atom. The fourth-order valence-electron chi connectivity index (χ4n) is 4.10. The van der Waals surface area contributed by atoms with Gasteiger partial charge in [-0.2, -0.15) is 0 Å². The third kappa shape index (κ3) is 1.89. The van der Waals surface area contributed by atoms with Gasteiger partial charge in [-0.15, -0.1) is 5.10 Å². The Labute approximate surface area is 113 Å². The first-order chi connectivity index (χ1) is 9.35. The summed E-state index contributed by atoms with van der Waals surface area (Å²) in [5.74, 6) is 2.53. The van der Waals surface area contributed by atoms with Gasteiger partial charge < -0.3 is 4.74 Å². The van der Waals surface area contributed by atoms with Gasteiger partial charge in [0.15, 0.2) is 5.82 Å². The van der Waals surface area contributed by atoms with Crippen LogP contribution in [0.3, 0.4) is 0 Å². The second-order valence-electron chi connectivity index (χ2n) is 6.13. The molecule has 19 heavy (non-hydrogen) atoms. The van der Waals surface area contributed by atoms with E-state index in [9.17, 15) is 0 Å². The number of likely N-dealkylation sites (tertiary alicyclic amines) is 1. The summed E-state index contributed by atoms with van der Waals surface area (Å²) in [6.07, 6.45) is 4.68. The SMILES string of the molecule is CCCn1nnnc1CN1C[C@@H]2[C@H](C1)[C@H]1CC[C@H]2O1. The van der Waals surface area contributed by atoms with Crippen LogP contribution in [0.5, 0.6) is 0 Å². The van der Waals surface area contributed by atoms with Crippen molar-refractivity contribution in [2.24, 2.45) is 11.8 Å². The quantitative estimate of drug-likeness (QED) is 0.800. The van der Waals surface area contributed by atoms with Gasteiger partial charge in [0.05, 0.1) is 18.8 Å². The second kappa shape index (κ2) is 4.52. The molecule has 4 rings (SSSR count). The maximum Gasteiger partial charge on any atom is 0.165 e. The van der Waals surface area contributed by atoms with E-state index in [1.807, 2.05) is 4.68 Å². The van der Waals surface area contributed by atoms with E-state index in [1.165, 1.54) is 12.8 Å². The van der Waals surface area contributed by atoms with E-state index in [4.69, 9.17) is 4.74 Å². The molecule has 2 bridgehead atoms. The van der Waals surface area contributed by atoms with Gasteiger partial charge >= 0.3 is 0 Å². The summed E-state index contributed by atoms with van der Waals surface area (Å²) in [5, 5.41) is 12.1. The zero-order chi connectivity index (χ0) is 12.8. The average Bonchev–Trinajstić information content (AvgIpc) is 3.12. The number of tetrazole rings is 1. The molecule has 3 saturated heterocycles. The van der Waals surface area contributed by atoms with Gasteiger partial charge in [0.1, 0.15) is 0 Å². The predicted molar refractivity (Wildman–Crippen MR) is 68.3 cm³/mol. The summed E-state index contributed by atoms with van der Waals surface area (Å²) in [4.78, 5) is 2.51. The Morgan fingerprint density at radius 3 is 2.63 bits per heavy atom. The number of rotatable bonds is 4. The van der Waals surface area contributed by atoms with E-state index >= 15 is 0 Å². The topological polar surface area (TPSA) is 56.1 Å². The minimum atomic E-state index is 0.534. The lowest BCUT2D eigenvalue weighted by Crippen LogP contribution is -2.26. The van der Waals surface area contributed by atoms with Crippen LogP contribution >= 0.6 is 0 Å². The van der Waals surface area contributed by atoms with Crippen molar-refractivity contribution in [3.8, 4) is 0 Å². The zero-order valence-electron chi connectivity index (χ0n) is 11.4. The van der Waals surface area contributed by atoms with Crippen LogP contribution in [0.1, 0.15) is 32.0 Å². The molecule has 0 unspecified atom stereocenters. The highest BCUT2D eigenvalue weighted by Gasteiger charge is 2.52. The standard InChI is InChI=1S/C13H21N5O/c1-2-5-18-13(14-15-16-18)8-17-6-9-10(7-17)12-4-3-11(9)19-12/h9-12H,2-8H2,1H3/t9-,10+,11-,12-/m1/s1. The van der Waals surface area contributed by atoms with Crippen molar-refractivity contribution >= 4 is 0 Å². The molecule has 1 aromatic heterocycles. The van der Waals surface area contributed by atoms with E-state index in [0.717, 1.165) is 50.3 Å². The molecule has 0 radical (unpaired) electrons. The largest absolute Gasteiger partial charge is 0.374 e. The summed E-state index contributed by atoms with van der Waals surface area (Å²) in [5.41, 5.74) is 0. The van der Waals surface area contributed by atoms with E-state index in [-0.39, 0.29) is 0 Å². The maximum absolute atomic E-state index is 6.01. The van der Waals surface area contributed by atoms with Crippen LogP contribution in [0.25, 0.3) is 0 Å². The van der Waals surface area contributed by atoms with Crippen LogP contribution in [-0.2, 0) is 17.8 Å². The van der Waals surface area contributed by atoms with Crippen LogP contribution < -0.4 is 0 Å². The number of fused-ring (bicyclic) bond motifs is 5. The van der Waals surface area contributed by atoms with Crippen LogP contribution in [0.4, 0.5) is 0 Å². The van der Waals surface area contributed by atoms with E-state index in [0.29, 0.717) is 12.2 Å². The Hall–Kier alpha value is -1.01. The Balaban J connectivity index is 1.43. The van der Waals surface area contributed by atoms with Gasteiger partial charge in [-0.25, -0.2) is 4.68 Å². The highest BCUT2D eigenvalue weighted by Crippen LogP contribution is 2.47. The smallest absolute Gasteiger partial charge is 0.165 e. The van der Waals surface area contributed by atoms with Crippen molar-refractivity contribution in [2.45, 2.75) is 51.5 Å². The lowest BCUT2D eigenvalue weighted by atomic mass is 9.82. The third-order valence-corrected chi connectivity index (χ3v) is 4.93.